The van der Waals surface area contributed by atoms with Gasteiger partial charge < -0.3 is 10.4 Å². The van der Waals surface area contributed by atoms with Gasteiger partial charge in [-0.1, -0.05) is 6.92 Å². The van der Waals surface area contributed by atoms with Gasteiger partial charge in [-0.25, -0.2) is 8.51 Å². The Bertz CT molecular complexity index is 158. The van der Waals surface area contributed by atoms with E-state index in [0.717, 1.165) is 38.4 Å². The zero-order valence-electron chi connectivity index (χ0n) is 8.45. The number of likely N-dealkylation sites (N-methyl/N-ethyl adjacent to an activating group) is 1. The second-order valence-corrected chi connectivity index (χ2v) is 4.83. The Kier molecular flexibility index (Phi) is 6.49. The van der Waals surface area contributed by atoms with Crippen LogP contribution in [0, 0.1) is 0 Å². The van der Waals surface area contributed by atoms with E-state index in [9.17, 15) is 4.21 Å². The largest absolute Gasteiger partial charge is 0.412 e. The standard InChI is InChI=1S/C8H18N2OS.H2O/c1-3-8-12(11)10-6-4-9(2)5-7-10;/h3-8H2,1-2H3;1H2. The Morgan fingerprint density at radius 2 is 1.77 bits per heavy atom. The van der Waals surface area contributed by atoms with E-state index >= 15 is 0 Å². The minimum atomic E-state index is -0.715. The molecule has 0 amide bonds. The molecule has 1 rings (SSSR count). The highest BCUT2D eigenvalue weighted by atomic mass is 32.2. The summed E-state index contributed by atoms with van der Waals surface area (Å²) in [6.45, 7) is 6.10. The van der Waals surface area contributed by atoms with E-state index in [1.165, 1.54) is 0 Å². The van der Waals surface area contributed by atoms with Crippen molar-refractivity contribution in [3.63, 3.8) is 0 Å². The van der Waals surface area contributed by atoms with Crippen molar-refractivity contribution in [1.82, 2.24) is 9.21 Å². The molecule has 80 valence electrons. The van der Waals surface area contributed by atoms with Crippen LogP contribution >= 0.6 is 0 Å². The predicted octanol–water partition coefficient (Wildman–Crippen LogP) is -0.517. The van der Waals surface area contributed by atoms with Crippen molar-refractivity contribution in [2.45, 2.75) is 13.3 Å². The van der Waals surface area contributed by atoms with E-state index in [2.05, 4.69) is 23.2 Å². The van der Waals surface area contributed by atoms with Gasteiger partial charge in [0.2, 0.25) is 0 Å². The van der Waals surface area contributed by atoms with Crippen LogP contribution in [0.5, 0.6) is 0 Å². The predicted molar refractivity (Wildman–Crippen MR) is 56.0 cm³/mol. The molecule has 0 saturated carbocycles. The van der Waals surface area contributed by atoms with E-state index in [-0.39, 0.29) is 5.48 Å². The fourth-order valence-electron chi connectivity index (χ4n) is 1.30. The molecule has 0 aliphatic carbocycles. The van der Waals surface area contributed by atoms with Gasteiger partial charge in [0, 0.05) is 31.9 Å². The highest BCUT2D eigenvalue weighted by Gasteiger charge is 2.17. The molecular formula is C8H20N2O2S. The van der Waals surface area contributed by atoms with Crippen LogP contribution in [0.4, 0.5) is 0 Å². The summed E-state index contributed by atoms with van der Waals surface area (Å²) in [5, 5.41) is 0. The summed E-state index contributed by atoms with van der Waals surface area (Å²) < 4.78 is 13.6. The highest BCUT2D eigenvalue weighted by Crippen LogP contribution is 2.03. The molecule has 1 heterocycles. The number of nitrogens with zero attached hydrogens (tertiary/aromatic N) is 2. The molecule has 1 fully saturated rings. The van der Waals surface area contributed by atoms with Gasteiger partial charge in [-0.05, 0) is 13.5 Å². The molecule has 5 heteroatoms. The molecule has 0 aromatic rings. The molecule has 1 aliphatic heterocycles. The molecule has 1 atom stereocenters. The van der Waals surface area contributed by atoms with Crippen molar-refractivity contribution in [2.24, 2.45) is 0 Å². The first-order chi connectivity index (χ1) is 5.74. The van der Waals surface area contributed by atoms with E-state index in [0.29, 0.717) is 0 Å². The molecule has 1 unspecified atom stereocenters. The van der Waals surface area contributed by atoms with Crippen LogP contribution in [-0.2, 0) is 11.0 Å². The maximum atomic E-state index is 11.5. The van der Waals surface area contributed by atoms with Gasteiger partial charge in [0.25, 0.3) is 0 Å². The Hall–Kier alpha value is 0.0300. The highest BCUT2D eigenvalue weighted by molar-refractivity contribution is 7.82. The van der Waals surface area contributed by atoms with Crippen molar-refractivity contribution in [3.05, 3.63) is 0 Å². The van der Waals surface area contributed by atoms with Crippen LogP contribution in [0.2, 0.25) is 0 Å². The molecule has 0 bridgehead atoms. The molecule has 4 nitrogen and oxygen atoms in total. The summed E-state index contributed by atoms with van der Waals surface area (Å²) in [6, 6.07) is 0. The average molecular weight is 208 g/mol. The fourth-order valence-corrected chi connectivity index (χ4v) is 2.47. The minimum absolute atomic E-state index is 0. The lowest BCUT2D eigenvalue weighted by atomic mass is 10.4. The molecular weight excluding hydrogens is 188 g/mol. The van der Waals surface area contributed by atoms with Gasteiger partial charge in [-0.3, -0.25) is 0 Å². The van der Waals surface area contributed by atoms with Crippen LogP contribution in [0.15, 0.2) is 0 Å². The first-order valence-electron chi connectivity index (χ1n) is 4.56. The van der Waals surface area contributed by atoms with Gasteiger partial charge in [-0.15, -0.1) is 0 Å². The average Bonchev–Trinajstić information content (AvgIpc) is 2.06. The summed E-state index contributed by atoms with van der Waals surface area (Å²) in [7, 11) is 1.40. The summed E-state index contributed by atoms with van der Waals surface area (Å²) >= 11 is 0. The van der Waals surface area contributed by atoms with Crippen LogP contribution < -0.4 is 0 Å². The summed E-state index contributed by atoms with van der Waals surface area (Å²) in [6.07, 6.45) is 1.01. The number of piperazine rings is 1. The zero-order chi connectivity index (χ0) is 8.97. The molecule has 0 radical (unpaired) electrons. The van der Waals surface area contributed by atoms with Gasteiger partial charge in [0.15, 0.2) is 0 Å². The van der Waals surface area contributed by atoms with Crippen molar-refractivity contribution in [1.29, 1.82) is 0 Å². The van der Waals surface area contributed by atoms with Crippen LogP contribution in [0.1, 0.15) is 13.3 Å². The Balaban J connectivity index is 0.00000144. The SMILES string of the molecule is CCCS(=O)N1CCN(C)CC1.O. The van der Waals surface area contributed by atoms with Gasteiger partial charge >= 0.3 is 0 Å². The summed E-state index contributed by atoms with van der Waals surface area (Å²) in [5.74, 6) is 0.823. The third kappa shape index (κ3) is 4.17. The maximum absolute atomic E-state index is 11.5. The lowest BCUT2D eigenvalue weighted by molar-refractivity contribution is 0.228. The van der Waals surface area contributed by atoms with E-state index < -0.39 is 11.0 Å². The molecule has 1 saturated heterocycles. The second-order valence-electron chi connectivity index (χ2n) is 3.26. The number of hydrogen-bond donors (Lipinski definition) is 0. The zero-order valence-corrected chi connectivity index (χ0v) is 9.27. The first-order valence-corrected chi connectivity index (χ1v) is 5.83. The van der Waals surface area contributed by atoms with Crippen molar-refractivity contribution in [3.8, 4) is 0 Å². The van der Waals surface area contributed by atoms with E-state index in [1.807, 2.05) is 0 Å². The molecule has 13 heavy (non-hydrogen) atoms. The molecule has 2 N–H and O–H groups in total. The van der Waals surface area contributed by atoms with E-state index in [4.69, 9.17) is 0 Å². The fraction of sp³-hybridized carbons (Fsp3) is 1.00. The minimum Gasteiger partial charge on any atom is -0.412 e. The monoisotopic (exact) mass is 208 g/mol. The normalized spacial score (nSPS) is 22.3. The van der Waals surface area contributed by atoms with E-state index in [1.54, 1.807) is 0 Å². The topological polar surface area (TPSA) is 55.1 Å². The van der Waals surface area contributed by atoms with Gasteiger partial charge in [-0.2, -0.15) is 0 Å². The number of hydrogen-bond acceptors (Lipinski definition) is 2. The summed E-state index contributed by atoms with van der Waals surface area (Å²) in [4.78, 5) is 2.28. The van der Waals surface area contributed by atoms with Crippen molar-refractivity contribution in [2.75, 3.05) is 39.0 Å². The van der Waals surface area contributed by atoms with Gasteiger partial charge in [0.1, 0.15) is 0 Å². The van der Waals surface area contributed by atoms with Crippen LogP contribution in [0.25, 0.3) is 0 Å². The third-order valence-electron chi connectivity index (χ3n) is 2.13. The third-order valence-corrected chi connectivity index (χ3v) is 3.83. The Morgan fingerprint density at radius 3 is 2.23 bits per heavy atom. The van der Waals surface area contributed by atoms with Crippen LogP contribution in [0.3, 0.4) is 0 Å². The summed E-state index contributed by atoms with van der Waals surface area (Å²) in [5.41, 5.74) is 0. The smallest absolute Gasteiger partial charge is 0.0943 e. The Labute approximate surface area is 82.8 Å². The molecule has 0 spiro atoms. The van der Waals surface area contributed by atoms with Crippen LogP contribution in [-0.4, -0.2) is 57.9 Å². The lowest BCUT2D eigenvalue weighted by Crippen LogP contribution is -2.45. The van der Waals surface area contributed by atoms with Gasteiger partial charge in [0.05, 0.1) is 11.0 Å². The molecule has 1 aliphatic rings. The first kappa shape index (κ1) is 13.0. The van der Waals surface area contributed by atoms with Crippen molar-refractivity contribution < 1.29 is 9.69 Å². The molecule has 0 aromatic carbocycles. The second kappa shape index (κ2) is 6.48. The maximum Gasteiger partial charge on any atom is 0.0943 e. The quantitative estimate of drug-likeness (QED) is 0.627. The lowest BCUT2D eigenvalue weighted by Gasteiger charge is -2.31. The Morgan fingerprint density at radius 1 is 1.23 bits per heavy atom. The van der Waals surface area contributed by atoms with Crippen molar-refractivity contribution >= 4 is 11.0 Å². The molecule has 0 aromatic heterocycles. The number of rotatable bonds is 3.